The Morgan fingerprint density at radius 1 is 1.32 bits per heavy atom. The summed E-state index contributed by atoms with van der Waals surface area (Å²) in [5, 5.41) is 7.79. The Hall–Kier alpha value is -1.16. The Labute approximate surface area is 114 Å². The smallest absolute Gasteiger partial charge is 0.197 e. The van der Waals surface area contributed by atoms with Crippen molar-refractivity contribution in [1.82, 2.24) is 15.1 Å². The molecule has 4 nitrogen and oxygen atoms in total. The van der Waals surface area contributed by atoms with Gasteiger partial charge < -0.3 is 5.32 Å². The van der Waals surface area contributed by atoms with Crippen LogP contribution in [-0.4, -0.2) is 27.6 Å². The van der Waals surface area contributed by atoms with Crippen LogP contribution < -0.4 is 5.32 Å². The number of rotatable bonds is 2. The quantitative estimate of drug-likeness (QED) is 0.830. The average Bonchev–Trinajstić information content (AvgIpc) is 2.77. The molecule has 2 aliphatic rings. The summed E-state index contributed by atoms with van der Waals surface area (Å²) in [5.41, 5.74) is 1.76. The van der Waals surface area contributed by atoms with Gasteiger partial charge in [-0.25, -0.2) is 0 Å². The van der Waals surface area contributed by atoms with Crippen molar-refractivity contribution in [3.8, 4) is 0 Å². The van der Waals surface area contributed by atoms with Crippen LogP contribution in [0.3, 0.4) is 0 Å². The summed E-state index contributed by atoms with van der Waals surface area (Å²) >= 11 is 0. The topological polar surface area (TPSA) is 46.9 Å². The van der Waals surface area contributed by atoms with Crippen molar-refractivity contribution >= 4 is 5.78 Å². The predicted octanol–water partition coefficient (Wildman–Crippen LogP) is 2.22. The molecule has 1 aromatic rings. The second-order valence-electron chi connectivity index (χ2n) is 6.11. The van der Waals surface area contributed by atoms with Gasteiger partial charge in [-0.15, -0.1) is 0 Å². The van der Waals surface area contributed by atoms with Gasteiger partial charge >= 0.3 is 0 Å². The number of piperidine rings is 1. The number of Topliss-reactive ketones (excluding diaryl/α,β-unsaturated/α-hetero) is 1. The predicted molar refractivity (Wildman–Crippen MR) is 74.2 cm³/mol. The lowest BCUT2D eigenvalue weighted by atomic mass is 9.77. The molecule has 0 spiro atoms. The highest BCUT2D eigenvalue weighted by Crippen LogP contribution is 2.33. The zero-order valence-electron chi connectivity index (χ0n) is 11.9. The summed E-state index contributed by atoms with van der Waals surface area (Å²) in [6.07, 6.45) is 9.19. The Kier molecular flexibility index (Phi) is 3.44. The summed E-state index contributed by atoms with van der Waals surface area (Å²) in [6, 6.07) is 0.554. The fraction of sp³-hybridized carbons (Fsp3) is 0.733. The second kappa shape index (κ2) is 5.08. The zero-order chi connectivity index (χ0) is 13.4. The fourth-order valence-electron chi connectivity index (χ4n) is 3.77. The summed E-state index contributed by atoms with van der Waals surface area (Å²) < 4.78 is 1.71. The van der Waals surface area contributed by atoms with Gasteiger partial charge in [0.05, 0.1) is 12.2 Å². The second-order valence-corrected chi connectivity index (χ2v) is 6.11. The van der Waals surface area contributed by atoms with Gasteiger partial charge in [0.1, 0.15) is 5.69 Å². The Bertz CT molecular complexity index is 460. The van der Waals surface area contributed by atoms with Gasteiger partial charge in [-0.3, -0.25) is 9.48 Å². The van der Waals surface area contributed by atoms with Crippen molar-refractivity contribution in [2.75, 3.05) is 0 Å². The number of nitrogens with zero attached hydrogens (tertiary/aromatic N) is 2. The lowest BCUT2D eigenvalue weighted by Gasteiger charge is -2.40. The highest BCUT2D eigenvalue weighted by Gasteiger charge is 2.35. The molecular weight excluding hydrogens is 238 g/mol. The first-order valence-electron chi connectivity index (χ1n) is 7.45. The molecule has 1 N–H and O–H groups in total. The SMILES string of the molecule is Cc1cnn(C)c1C(=O)C1CCC2CCCCC2N1. The van der Waals surface area contributed by atoms with Gasteiger partial charge in [0, 0.05) is 13.1 Å². The number of hydrogen-bond acceptors (Lipinski definition) is 3. The molecule has 0 bridgehead atoms. The number of aryl methyl sites for hydroxylation is 2. The molecule has 19 heavy (non-hydrogen) atoms. The van der Waals surface area contributed by atoms with Crippen molar-refractivity contribution in [2.45, 2.75) is 57.5 Å². The van der Waals surface area contributed by atoms with Crippen LogP contribution in [0, 0.1) is 12.8 Å². The third-order valence-electron chi connectivity index (χ3n) is 4.82. The van der Waals surface area contributed by atoms with Gasteiger partial charge in [0.15, 0.2) is 5.78 Å². The molecule has 1 saturated carbocycles. The van der Waals surface area contributed by atoms with Gasteiger partial charge in [-0.2, -0.15) is 5.10 Å². The first-order valence-corrected chi connectivity index (χ1v) is 7.45. The van der Waals surface area contributed by atoms with Crippen LogP contribution in [0.1, 0.15) is 54.6 Å². The molecule has 0 radical (unpaired) electrons. The van der Waals surface area contributed by atoms with Crippen LogP contribution in [0.2, 0.25) is 0 Å². The van der Waals surface area contributed by atoms with Crippen LogP contribution in [0.15, 0.2) is 6.20 Å². The lowest BCUT2D eigenvalue weighted by Crippen LogP contribution is -2.52. The first kappa shape index (κ1) is 12.9. The third-order valence-corrected chi connectivity index (χ3v) is 4.82. The lowest BCUT2D eigenvalue weighted by molar-refractivity contribution is 0.0851. The van der Waals surface area contributed by atoms with Crippen LogP contribution in [0.25, 0.3) is 0 Å². The maximum Gasteiger partial charge on any atom is 0.197 e. The number of hydrogen-bond donors (Lipinski definition) is 1. The fourth-order valence-corrected chi connectivity index (χ4v) is 3.77. The number of ketones is 1. The highest BCUT2D eigenvalue weighted by atomic mass is 16.1. The molecule has 4 heteroatoms. The minimum absolute atomic E-state index is 0.00606. The minimum atomic E-state index is -0.00606. The maximum absolute atomic E-state index is 12.7. The molecular formula is C15H23N3O. The molecule has 2 fully saturated rings. The van der Waals surface area contributed by atoms with Gasteiger partial charge in [0.25, 0.3) is 0 Å². The molecule has 1 aliphatic heterocycles. The largest absolute Gasteiger partial charge is 0.304 e. The maximum atomic E-state index is 12.7. The van der Waals surface area contributed by atoms with E-state index in [1.54, 1.807) is 10.9 Å². The minimum Gasteiger partial charge on any atom is -0.304 e. The number of carbonyl (C=O) groups is 1. The van der Waals surface area contributed by atoms with Crippen molar-refractivity contribution in [1.29, 1.82) is 0 Å². The summed E-state index contributed by atoms with van der Waals surface area (Å²) in [5.74, 6) is 1.02. The van der Waals surface area contributed by atoms with Crippen molar-refractivity contribution < 1.29 is 4.79 Å². The Balaban J connectivity index is 1.74. The van der Waals surface area contributed by atoms with E-state index in [1.165, 1.54) is 32.1 Å². The molecule has 0 amide bonds. The third kappa shape index (κ3) is 2.34. The average molecular weight is 261 g/mol. The van der Waals surface area contributed by atoms with E-state index < -0.39 is 0 Å². The monoisotopic (exact) mass is 261 g/mol. The van der Waals surface area contributed by atoms with E-state index in [1.807, 2.05) is 14.0 Å². The van der Waals surface area contributed by atoms with E-state index in [2.05, 4.69) is 10.4 Å². The van der Waals surface area contributed by atoms with E-state index >= 15 is 0 Å². The van der Waals surface area contributed by atoms with E-state index in [-0.39, 0.29) is 11.8 Å². The van der Waals surface area contributed by atoms with Crippen molar-refractivity contribution in [3.63, 3.8) is 0 Å². The molecule has 1 saturated heterocycles. The number of carbonyl (C=O) groups excluding carboxylic acids is 1. The number of fused-ring (bicyclic) bond motifs is 1. The van der Waals surface area contributed by atoms with E-state index in [4.69, 9.17) is 0 Å². The van der Waals surface area contributed by atoms with Crippen LogP contribution >= 0.6 is 0 Å². The Morgan fingerprint density at radius 3 is 2.84 bits per heavy atom. The Morgan fingerprint density at radius 2 is 2.11 bits per heavy atom. The van der Waals surface area contributed by atoms with Crippen LogP contribution in [0.5, 0.6) is 0 Å². The van der Waals surface area contributed by atoms with E-state index in [0.29, 0.717) is 6.04 Å². The standard InChI is InChI=1S/C15H23N3O/c1-10-9-16-18(2)14(10)15(19)13-8-7-11-5-3-4-6-12(11)17-13/h9,11-13,17H,3-8H2,1-2H3. The molecule has 2 heterocycles. The normalized spacial score (nSPS) is 30.9. The molecule has 3 atom stereocenters. The number of nitrogens with one attached hydrogen (secondary N) is 1. The van der Waals surface area contributed by atoms with Crippen LogP contribution in [-0.2, 0) is 7.05 Å². The molecule has 0 aromatic carbocycles. The van der Waals surface area contributed by atoms with Gasteiger partial charge in [-0.1, -0.05) is 12.8 Å². The highest BCUT2D eigenvalue weighted by molar-refractivity contribution is 5.99. The van der Waals surface area contributed by atoms with Crippen molar-refractivity contribution in [3.05, 3.63) is 17.5 Å². The first-order chi connectivity index (χ1) is 9.16. The molecule has 104 valence electrons. The molecule has 1 aromatic heterocycles. The summed E-state index contributed by atoms with van der Waals surface area (Å²) in [4.78, 5) is 12.7. The van der Waals surface area contributed by atoms with E-state index in [9.17, 15) is 4.79 Å². The van der Waals surface area contributed by atoms with E-state index in [0.717, 1.165) is 23.6 Å². The molecule has 3 unspecified atom stereocenters. The van der Waals surface area contributed by atoms with Crippen LogP contribution in [0.4, 0.5) is 0 Å². The zero-order valence-corrected chi connectivity index (χ0v) is 11.9. The van der Waals surface area contributed by atoms with Gasteiger partial charge in [0.2, 0.25) is 0 Å². The van der Waals surface area contributed by atoms with Gasteiger partial charge in [-0.05, 0) is 44.1 Å². The summed E-state index contributed by atoms with van der Waals surface area (Å²) in [6.45, 7) is 1.96. The van der Waals surface area contributed by atoms with Crippen molar-refractivity contribution in [2.24, 2.45) is 13.0 Å². The molecule has 3 rings (SSSR count). The number of aromatic nitrogens is 2. The molecule has 1 aliphatic carbocycles. The summed E-state index contributed by atoms with van der Waals surface area (Å²) in [7, 11) is 1.85.